The van der Waals surface area contributed by atoms with Crippen LogP contribution < -0.4 is 10.6 Å². The van der Waals surface area contributed by atoms with Crippen molar-refractivity contribution < 1.29 is 14.3 Å². The molecule has 128 valence electrons. The van der Waals surface area contributed by atoms with Crippen LogP contribution in [0.3, 0.4) is 0 Å². The highest BCUT2D eigenvalue weighted by Gasteiger charge is 2.19. The maximum absolute atomic E-state index is 11.8. The molecule has 1 rings (SSSR count). The molecule has 0 radical (unpaired) electrons. The maximum Gasteiger partial charge on any atom is 0.410 e. The molecule has 8 heteroatoms. The first kappa shape index (κ1) is 19.4. The number of halogens is 2. The largest absolute Gasteiger partial charge is 0.444 e. The summed E-state index contributed by atoms with van der Waals surface area (Å²) < 4.78 is 5.21. The van der Waals surface area contributed by atoms with Crippen molar-refractivity contribution in [2.45, 2.75) is 26.4 Å². The second-order valence-electron chi connectivity index (χ2n) is 5.91. The summed E-state index contributed by atoms with van der Waals surface area (Å²) in [6.45, 7) is 5.95. The molecule has 6 nitrogen and oxygen atoms in total. The molecule has 1 aromatic carbocycles. The number of rotatable bonds is 4. The van der Waals surface area contributed by atoms with E-state index in [1.165, 1.54) is 4.90 Å². The van der Waals surface area contributed by atoms with Gasteiger partial charge in [0.05, 0.1) is 10.7 Å². The molecular weight excluding hydrogens is 341 g/mol. The van der Waals surface area contributed by atoms with Gasteiger partial charge in [-0.2, -0.15) is 0 Å². The van der Waals surface area contributed by atoms with Crippen molar-refractivity contribution in [3.05, 3.63) is 28.2 Å². The predicted octanol–water partition coefficient (Wildman–Crippen LogP) is 3.98. The number of nitrogens with one attached hydrogen (secondary N) is 2. The number of nitrogens with zero attached hydrogens (tertiary/aromatic N) is 1. The number of hydrogen-bond donors (Lipinski definition) is 2. The Morgan fingerprint density at radius 1 is 1.26 bits per heavy atom. The summed E-state index contributed by atoms with van der Waals surface area (Å²) in [4.78, 5) is 24.9. The third kappa shape index (κ3) is 7.43. The summed E-state index contributed by atoms with van der Waals surface area (Å²) in [5.41, 5.74) is -0.142. The number of benzene rings is 1. The smallest absolute Gasteiger partial charge is 0.410 e. The minimum atomic E-state index is -0.556. The summed E-state index contributed by atoms with van der Waals surface area (Å²) in [6.07, 6.45) is -0.447. The summed E-state index contributed by atoms with van der Waals surface area (Å²) in [5.74, 6) is 0. The molecule has 3 amide bonds. The van der Waals surface area contributed by atoms with E-state index in [0.717, 1.165) is 0 Å². The van der Waals surface area contributed by atoms with Crippen LogP contribution in [0.15, 0.2) is 18.2 Å². The first-order valence-corrected chi connectivity index (χ1v) is 7.78. The lowest BCUT2D eigenvalue weighted by molar-refractivity contribution is 0.0301. The minimum Gasteiger partial charge on any atom is -0.444 e. The van der Waals surface area contributed by atoms with E-state index in [1.807, 2.05) is 0 Å². The molecule has 0 saturated carbocycles. The molecule has 0 spiro atoms. The molecule has 23 heavy (non-hydrogen) atoms. The number of hydrogen-bond acceptors (Lipinski definition) is 3. The van der Waals surface area contributed by atoms with E-state index in [9.17, 15) is 9.59 Å². The van der Waals surface area contributed by atoms with E-state index < -0.39 is 17.7 Å². The molecule has 1 aromatic rings. The zero-order valence-corrected chi connectivity index (χ0v) is 15.1. The van der Waals surface area contributed by atoms with Crippen molar-refractivity contribution >= 4 is 41.0 Å². The molecule has 0 fully saturated rings. The van der Waals surface area contributed by atoms with Crippen LogP contribution >= 0.6 is 23.2 Å². The average molecular weight is 362 g/mol. The molecule has 0 heterocycles. The molecule has 0 bridgehead atoms. The van der Waals surface area contributed by atoms with Crippen LogP contribution in [0.25, 0.3) is 0 Å². The molecule has 0 unspecified atom stereocenters. The van der Waals surface area contributed by atoms with Crippen molar-refractivity contribution in [2.24, 2.45) is 0 Å². The summed E-state index contributed by atoms with van der Waals surface area (Å²) >= 11 is 11.8. The van der Waals surface area contributed by atoms with Crippen molar-refractivity contribution in [3.8, 4) is 0 Å². The normalized spacial score (nSPS) is 10.9. The van der Waals surface area contributed by atoms with E-state index in [1.54, 1.807) is 46.0 Å². The van der Waals surface area contributed by atoms with Crippen molar-refractivity contribution in [1.29, 1.82) is 0 Å². The standard InChI is InChI=1S/C15H21Cl2N3O3/c1-15(2,3)23-14(22)20(4)8-7-18-13(21)19-12-9-10(16)5-6-11(12)17/h5-6,9H,7-8H2,1-4H3,(H2,18,19,21). The Hall–Kier alpha value is -1.66. The van der Waals surface area contributed by atoms with E-state index in [2.05, 4.69) is 10.6 Å². The van der Waals surface area contributed by atoms with Gasteiger partial charge in [0.2, 0.25) is 0 Å². The highest BCUT2D eigenvalue weighted by atomic mass is 35.5. The predicted molar refractivity (Wildman–Crippen MR) is 92.3 cm³/mol. The Morgan fingerprint density at radius 3 is 2.52 bits per heavy atom. The van der Waals surface area contributed by atoms with Crippen LogP contribution in [0.2, 0.25) is 10.0 Å². The van der Waals surface area contributed by atoms with Crippen LogP contribution in [-0.4, -0.2) is 42.8 Å². The van der Waals surface area contributed by atoms with Crippen molar-refractivity contribution in [2.75, 3.05) is 25.5 Å². The first-order valence-electron chi connectivity index (χ1n) is 7.02. The van der Waals surface area contributed by atoms with Crippen LogP contribution in [-0.2, 0) is 4.74 Å². The van der Waals surface area contributed by atoms with Crippen LogP contribution in [0, 0.1) is 0 Å². The zero-order chi connectivity index (χ0) is 17.6. The Morgan fingerprint density at radius 2 is 1.91 bits per heavy atom. The third-order valence-electron chi connectivity index (χ3n) is 2.61. The molecule has 0 aliphatic heterocycles. The fraction of sp³-hybridized carbons (Fsp3) is 0.467. The van der Waals surface area contributed by atoms with Crippen LogP contribution in [0.5, 0.6) is 0 Å². The van der Waals surface area contributed by atoms with Gasteiger partial charge in [0.1, 0.15) is 5.60 Å². The number of urea groups is 1. The Balaban J connectivity index is 2.39. The summed E-state index contributed by atoms with van der Waals surface area (Å²) in [6, 6.07) is 4.33. The average Bonchev–Trinajstić information content (AvgIpc) is 2.40. The van der Waals surface area contributed by atoms with Gasteiger partial charge in [0.25, 0.3) is 0 Å². The van der Waals surface area contributed by atoms with E-state index in [0.29, 0.717) is 22.3 Å². The molecule has 2 N–H and O–H groups in total. The monoisotopic (exact) mass is 361 g/mol. The SMILES string of the molecule is CN(CCNC(=O)Nc1cc(Cl)ccc1Cl)C(=O)OC(C)(C)C. The minimum absolute atomic E-state index is 0.264. The van der Waals surface area contributed by atoms with Gasteiger partial charge in [-0.3, -0.25) is 0 Å². The Labute approximate surface area is 146 Å². The van der Waals surface area contributed by atoms with Crippen molar-refractivity contribution in [3.63, 3.8) is 0 Å². The highest BCUT2D eigenvalue weighted by Crippen LogP contribution is 2.25. The lowest BCUT2D eigenvalue weighted by Gasteiger charge is -2.24. The topological polar surface area (TPSA) is 70.7 Å². The molecule has 0 aliphatic carbocycles. The number of ether oxygens (including phenoxy) is 1. The number of amides is 3. The van der Waals surface area contributed by atoms with Gasteiger partial charge in [0.15, 0.2) is 0 Å². The fourth-order valence-corrected chi connectivity index (χ4v) is 1.86. The molecular formula is C15H21Cl2N3O3. The van der Waals surface area contributed by atoms with E-state index in [-0.39, 0.29) is 6.54 Å². The van der Waals surface area contributed by atoms with Gasteiger partial charge in [-0.1, -0.05) is 23.2 Å². The number of carbonyl (C=O) groups is 2. The lowest BCUT2D eigenvalue weighted by Crippen LogP contribution is -2.40. The quantitative estimate of drug-likeness (QED) is 0.851. The number of carbonyl (C=O) groups excluding carboxylic acids is 2. The first-order chi connectivity index (χ1) is 10.6. The maximum atomic E-state index is 11.8. The highest BCUT2D eigenvalue weighted by molar-refractivity contribution is 6.35. The fourth-order valence-electron chi connectivity index (χ4n) is 1.53. The van der Waals surface area contributed by atoms with Gasteiger partial charge in [-0.15, -0.1) is 0 Å². The second kappa shape index (κ2) is 8.26. The third-order valence-corrected chi connectivity index (χ3v) is 3.18. The van der Waals surface area contributed by atoms with Crippen LogP contribution in [0.4, 0.5) is 15.3 Å². The molecule has 0 aliphatic rings. The van der Waals surface area contributed by atoms with Gasteiger partial charge in [0, 0.05) is 25.2 Å². The summed E-state index contributed by atoms with van der Waals surface area (Å²) in [7, 11) is 1.60. The number of anilines is 1. The number of likely N-dealkylation sites (N-methyl/N-ethyl adjacent to an activating group) is 1. The van der Waals surface area contributed by atoms with Crippen LogP contribution in [0.1, 0.15) is 20.8 Å². The van der Waals surface area contributed by atoms with Gasteiger partial charge >= 0.3 is 12.1 Å². The molecule has 0 atom stereocenters. The Kier molecular flexibility index (Phi) is 6.97. The Bertz CT molecular complexity index is 574. The van der Waals surface area contributed by atoms with E-state index >= 15 is 0 Å². The zero-order valence-electron chi connectivity index (χ0n) is 13.6. The summed E-state index contributed by atoms with van der Waals surface area (Å²) in [5, 5.41) is 6.07. The van der Waals surface area contributed by atoms with Gasteiger partial charge in [-0.25, -0.2) is 9.59 Å². The van der Waals surface area contributed by atoms with Gasteiger partial charge in [-0.05, 0) is 39.0 Å². The van der Waals surface area contributed by atoms with Crippen molar-refractivity contribution in [1.82, 2.24) is 10.2 Å². The second-order valence-corrected chi connectivity index (χ2v) is 6.75. The molecule has 0 aromatic heterocycles. The van der Waals surface area contributed by atoms with Gasteiger partial charge < -0.3 is 20.3 Å². The van der Waals surface area contributed by atoms with E-state index in [4.69, 9.17) is 27.9 Å². The lowest BCUT2D eigenvalue weighted by atomic mass is 10.2. The molecule has 0 saturated heterocycles.